The second kappa shape index (κ2) is 7.32. The molecular weight excluding hydrogens is 228 g/mol. The number of nitrogens with two attached hydrogens (primary N) is 1. The Kier molecular flexibility index (Phi) is 7.26. The van der Waals surface area contributed by atoms with Crippen LogP contribution in [0.1, 0.15) is 48.0 Å². The molecule has 0 aliphatic heterocycles. The molecule has 0 unspecified atom stereocenters. The van der Waals surface area contributed by atoms with E-state index < -0.39 is 0 Å². The van der Waals surface area contributed by atoms with Crippen molar-refractivity contribution < 1.29 is 0 Å². The smallest absolute Gasteiger partial charge is 0.0784 e. The molecule has 0 bridgehead atoms. The molecule has 0 aromatic rings. The van der Waals surface area contributed by atoms with Gasteiger partial charge in [-0.15, -0.1) is 0 Å². The van der Waals surface area contributed by atoms with Gasteiger partial charge in [0.2, 0.25) is 0 Å². The molecule has 0 atom stereocenters. The highest BCUT2D eigenvalue weighted by molar-refractivity contribution is 7.80. The van der Waals surface area contributed by atoms with Crippen molar-refractivity contribution in [1.29, 1.82) is 0 Å². The van der Waals surface area contributed by atoms with E-state index in [0.717, 1.165) is 26.1 Å². The van der Waals surface area contributed by atoms with E-state index in [1.807, 2.05) is 0 Å². The topological polar surface area (TPSA) is 29.3 Å². The summed E-state index contributed by atoms with van der Waals surface area (Å²) in [6.45, 7) is 16.8. The molecule has 2 N–H and O–H groups in total. The molecule has 102 valence electrons. The SMILES string of the molecule is CC(C)CN(CCC(C)(C)C(N)=S)CC(C)C. The molecule has 0 aliphatic rings. The number of hydrogen-bond donors (Lipinski definition) is 1. The van der Waals surface area contributed by atoms with Gasteiger partial charge in [-0.1, -0.05) is 53.8 Å². The van der Waals surface area contributed by atoms with Crippen LogP contribution in [0.3, 0.4) is 0 Å². The number of nitrogens with zero attached hydrogens (tertiary/aromatic N) is 1. The molecule has 3 heteroatoms. The van der Waals surface area contributed by atoms with Crippen molar-refractivity contribution in [3.8, 4) is 0 Å². The van der Waals surface area contributed by atoms with Crippen LogP contribution in [0.2, 0.25) is 0 Å². The van der Waals surface area contributed by atoms with Gasteiger partial charge in [0.1, 0.15) is 0 Å². The highest BCUT2D eigenvalue weighted by Crippen LogP contribution is 2.21. The van der Waals surface area contributed by atoms with Gasteiger partial charge in [-0.25, -0.2) is 0 Å². The zero-order chi connectivity index (χ0) is 13.6. The lowest BCUT2D eigenvalue weighted by Gasteiger charge is -2.30. The minimum atomic E-state index is -0.0262. The minimum absolute atomic E-state index is 0.0262. The van der Waals surface area contributed by atoms with Crippen LogP contribution in [0.4, 0.5) is 0 Å². The summed E-state index contributed by atoms with van der Waals surface area (Å²) in [5.41, 5.74) is 5.75. The number of hydrogen-bond acceptors (Lipinski definition) is 2. The quantitative estimate of drug-likeness (QED) is 0.677. The van der Waals surface area contributed by atoms with Gasteiger partial charge in [0.25, 0.3) is 0 Å². The van der Waals surface area contributed by atoms with E-state index in [-0.39, 0.29) is 5.41 Å². The molecule has 0 saturated carbocycles. The summed E-state index contributed by atoms with van der Waals surface area (Å²) in [6, 6.07) is 0. The monoisotopic (exact) mass is 258 g/mol. The van der Waals surface area contributed by atoms with Crippen LogP contribution in [0.15, 0.2) is 0 Å². The molecule has 0 radical (unpaired) electrons. The maximum Gasteiger partial charge on any atom is 0.0784 e. The largest absolute Gasteiger partial charge is 0.393 e. The van der Waals surface area contributed by atoms with Crippen molar-refractivity contribution in [2.75, 3.05) is 19.6 Å². The Bertz CT molecular complexity index is 224. The Labute approximate surface area is 113 Å². The molecule has 0 spiro atoms. The maximum absolute atomic E-state index is 5.77. The zero-order valence-electron chi connectivity index (χ0n) is 12.4. The molecule has 0 aromatic heterocycles. The predicted octanol–water partition coefficient (Wildman–Crippen LogP) is 3.30. The second-order valence-electron chi connectivity index (χ2n) is 6.55. The van der Waals surface area contributed by atoms with Gasteiger partial charge < -0.3 is 10.6 Å². The zero-order valence-corrected chi connectivity index (χ0v) is 13.2. The van der Waals surface area contributed by atoms with Crippen molar-refractivity contribution in [3.05, 3.63) is 0 Å². The third-order valence-corrected chi connectivity index (χ3v) is 3.52. The normalized spacial score (nSPS) is 12.8. The molecule has 0 saturated heterocycles. The lowest BCUT2D eigenvalue weighted by molar-refractivity contribution is 0.201. The minimum Gasteiger partial charge on any atom is -0.393 e. The summed E-state index contributed by atoms with van der Waals surface area (Å²) < 4.78 is 0. The van der Waals surface area contributed by atoms with Crippen LogP contribution >= 0.6 is 12.2 Å². The number of thiocarbonyl (C=S) groups is 1. The Morgan fingerprint density at radius 2 is 1.53 bits per heavy atom. The first kappa shape index (κ1) is 16.9. The van der Waals surface area contributed by atoms with Gasteiger partial charge >= 0.3 is 0 Å². The highest BCUT2D eigenvalue weighted by Gasteiger charge is 2.22. The first-order valence-corrected chi connectivity index (χ1v) is 7.08. The fourth-order valence-electron chi connectivity index (χ4n) is 1.85. The van der Waals surface area contributed by atoms with Crippen LogP contribution in [0, 0.1) is 17.3 Å². The molecule has 0 aromatic carbocycles. The molecular formula is C14H30N2S. The fraction of sp³-hybridized carbons (Fsp3) is 0.929. The third-order valence-electron chi connectivity index (χ3n) is 2.97. The van der Waals surface area contributed by atoms with Crippen molar-refractivity contribution in [1.82, 2.24) is 4.90 Å². The lowest BCUT2D eigenvalue weighted by atomic mass is 9.89. The fourth-order valence-corrected chi connectivity index (χ4v) is 1.95. The van der Waals surface area contributed by atoms with Crippen molar-refractivity contribution in [3.63, 3.8) is 0 Å². The molecule has 0 aliphatic carbocycles. The van der Waals surface area contributed by atoms with E-state index >= 15 is 0 Å². The summed E-state index contributed by atoms with van der Waals surface area (Å²) in [7, 11) is 0. The Balaban J connectivity index is 4.29. The van der Waals surface area contributed by atoms with Crippen molar-refractivity contribution in [2.24, 2.45) is 23.0 Å². The third kappa shape index (κ3) is 7.72. The first-order valence-electron chi connectivity index (χ1n) is 6.67. The average molecular weight is 258 g/mol. The summed E-state index contributed by atoms with van der Waals surface area (Å²) in [5, 5.41) is 0. The second-order valence-corrected chi connectivity index (χ2v) is 6.99. The average Bonchev–Trinajstić information content (AvgIpc) is 2.12. The van der Waals surface area contributed by atoms with E-state index in [9.17, 15) is 0 Å². The van der Waals surface area contributed by atoms with Crippen LogP contribution in [0.25, 0.3) is 0 Å². The Hall–Kier alpha value is -0.150. The van der Waals surface area contributed by atoms with Gasteiger partial charge in [-0.05, 0) is 24.8 Å². The van der Waals surface area contributed by atoms with Gasteiger partial charge in [-0.2, -0.15) is 0 Å². The number of rotatable bonds is 8. The van der Waals surface area contributed by atoms with Crippen LogP contribution in [-0.4, -0.2) is 29.5 Å². The molecule has 0 amide bonds. The highest BCUT2D eigenvalue weighted by atomic mass is 32.1. The van der Waals surface area contributed by atoms with Gasteiger partial charge in [0.15, 0.2) is 0 Å². The van der Waals surface area contributed by atoms with E-state index in [2.05, 4.69) is 46.4 Å². The maximum atomic E-state index is 5.77. The van der Waals surface area contributed by atoms with Gasteiger partial charge in [0.05, 0.1) is 4.99 Å². The summed E-state index contributed by atoms with van der Waals surface area (Å²) in [6.07, 6.45) is 1.04. The molecule has 2 nitrogen and oxygen atoms in total. The first-order chi connectivity index (χ1) is 7.65. The Morgan fingerprint density at radius 1 is 1.12 bits per heavy atom. The van der Waals surface area contributed by atoms with Crippen molar-refractivity contribution in [2.45, 2.75) is 48.0 Å². The molecule has 0 heterocycles. The predicted molar refractivity (Wildman–Crippen MR) is 81.3 cm³/mol. The molecule has 0 fully saturated rings. The Morgan fingerprint density at radius 3 is 1.82 bits per heavy atom. The van der Waals surface area contributed by atoms with Crippen LogP contribution < -0.4 is 5.73 Å². The molecule has 17 heavy (non-hydrogen) atoms. The van der Waals surface area contributed by atoms with Gasteiger partial charge in [0, 0.05) is 18.5 Å². The molecule has 0 rings (SSSR count). The van der Waals surface area contributed by atoms with E-state index in [4.69, 9.17) is 18.0 Å². The van der Waals surface area contributed by atoms with E-state index in [1.165, 1.54) is 0 Å². The van der Waals surface area contributed by atoms with E-state index in [0.29, 0.717) is 16.8 Å². The van der Waals surface area contributed by atoms with Crippen LogP contribution in [-0.2, 0) is 0 Å². The summed E-state index contributed by atoms with van der Waals surface area (Å²) >= 11 is 5.12. The summed E-state index contributed by atoms with van der Waals surface area (Å²) in [5.74, 6) is 1.42. The standard InChI is InChI=1S/C14H30N2S/c1-11(2)9-16(10-12(3)4)8-7-14(5,6)13(15)17/h11-12H,7-10H2,1-6H3,(H2,15,17). The van der Waals surface area contributed by atoms with E-state index in [1.54, 1.807) is 0 Å². The summed E-state index contributed by atoms with van der Waals surface area (Å²) in [4.78, 5) is 3.17. The lowest BCUT2D eigenvalue weighted by Crippen LogP contribution is -2.37. The van der Waals surface area contributed by atoms with Gasteiger partial charge in [-0.3, -0.25) is 0 Å². The van der Waals surface area contributed by atoms with Crippen molar-refractivity contribution >= 4 is 17.2 Å². The van der Waals surface area contributed by atoms with Crippen LogP contribution in [0.5, 0.6) is 0 Å².